The van der Waals surface area contributed by atoms with Crippen molar-refractivity contribution in [2.24, 2.45) is 0 Å². The molecule has 13 heavy (non-hydrogen) atoms. The van der Waals surface area contributed by atoms with Gasteiger partial charge in [-0.05, 0) is 12.8 Å². The second-order valence-electron chi connectivity index (χ2n) is 4.05. The number of methoxy groups -OCH3 is 1. The van der Waals surface area contributed by atoms with Crippen LogP contribution in [0.1, 0.15) is 12.8 Å². The Labute approximate surface area is 79.0 Å². The summed E-state index contributed by atoms with van der Waals surface area (Å²) in [5.74, 6) is 0. The highest BCUT2D eigenvalue weighted by atomic mass is 16.5. The van der Waals surface area contributed by atoms with Crippen LogP contribution in [0.3, 0.4) is 0 Å². The van der Waals surface area contributed by atoms with Crippen LogP contribution in [-0.2, 0) is 4.74 Å². The van der Waals surface area contributed by atoms with Gasteiger partial charge in [0.05, 0.1) is 18.2 Å². The van der Waals surface area contributed by atoms with Gasteiger partial charge in [0, 0.05) is 20.2 Å². The molecule has 2 heterocycles. The van der Waals surface area contributed by atoms with Gasteiger partial charge in [0.1, 0.15) is 0 Å². The molecular weight excluding hydrogens is 166 g/mol. The van der Waals surface area contributed by atoms with Crippen molar-refractivity contribution >= 4 is 0 Å². The summed E-state index contributed by atoms with van der Waals surface area (Å²) in [6.45, 7) is 6.21. The van der Waals surface area contributed by atoms with Gasteiger partial charge in [0.2, 0.25) is 0 Å². The van der Waals surface area contributed by atoms with Gasteiger partial charge in [-0.1, -0.05) is 12.2 Å². The minimum atomic E-state index is -0.152. The van der Waals surface area contributed by atoms with Crippen molar-refractivity contribution in [1.29, 1.82) is 0 Å². The van der Waals surface area contributed by atoms with Crippen molar-refractivity contribution in [2.45, 2.75) is 24.5 Å². The van der Waals surface area contributed by atoms with Crippen LogP contribution in [0.4, 0.5) is 0 Å². The van der Waals surface area contributed by atoms with Crippen LogP contribution < -0.4 is 0 Å². The zero-order valence-electron chi connectivity index (χ0n) is 8.12. The van der Waals surface area contributed by atoms with Crippen LogP contribution in [0.2, 0.25) is 0 Å². The molecule has 2 aliphatic rings. The minimum absolute atomic E-state index is 0.152. The highest BCUT2D eigenvalue weighted by Gasteiger charge is 2.50. The van der Waals surface area contributed by atoms with Gasteiger partial charge in [-0.2, -0.15) is 0 Å². The van der Waals surface area contributed by atoms with Gasteiger partial charge in [-0.25, -0.2) is 0 Å². The highest BCUT2D eigenvalue weighted by Crippen LogP contribution is 2.42. The number of hydrogen-bond donors (Lipinski definition) is 1. The molecule has 2 fully saturated rings. The predicted octanol–water partition coefficient (Wildman–Crippen LogP) is 0.398. The summed E-state index contributed by atoms with van der Waals surface area (Å²) < 4.78 is 5.33. The molecule has 0 bridgehead atoms. The number of rotatable bonds is 2. The van der Waals surface area contributed by atoms with Crippen molar-refractivity contribution in [3.05, 3.63) is 12.2 Å². The molecule has 0 aromatic rings. The molecule has 0 aliphatic carbocycles. The molecule has 2 atom stereocenters. The van der Waals surface area contributed by atoms with Gasteiger partial charge < -0.3 is 9.84 Å². The fourth-order valence-corrected chi connectivity index (χ4v) is 2.60. The number of aliphatic hydroxyl groups excluding tert-OH is 1. The lowest BCUT2D eigenvalue weighted by atomic mass is 9.90. The zero-order chi connectivity index (χ0) is 9.47. The van der Waals surface area contributed by atoms with E-state index >= 15 is 0 Å². The monoisotopic (exact) mass is 183 g/mol. The molecule has 2 rings (SSSR count). The Kier molecular flexibility index (Phi) is 2.18. The summed E-state index contributed by atoms with van der Waals surface area (Å²) in [6, 6.07) is 0. The number of fused-ring (bicyclic) bond motifs is 1. The van der Waals surface area contributed by atoms with Crippen LogP contribution in [0, 0.1) is 0 Å². The number of hydrogen-bond acceptors (Lipinski definition) is 3. The van der Waals surface area contributed by atoms with Crippen molar-refractivity contribution in [1.82, 2.24) is 4.90 Å². The summed E-state index contributed by atoms with van der Waals surface area (Å²) in [4.78, 5) is 2.31. The van der Waals surface area contributed by atoms with E-state index in [-0.39, 0.29) is 18.2 Å². The molecule has 0 aromatic heterocycles. The van der Waals surface area contributed by atoms with E-state index in [2.05, 4.69) is 11.5 Å². The molecule has 74 valence electrons. The smallest absolute Gasteiger partial charge is 0.0720 e. The molecular formula is C10H17NO2. The lowest BCUT2D eigenvalue weighted by molar-refractivity contribution is 0.107. The average molecular weight is 183 g/mol. The van der Waals surface area contributed by atoms with Crippen LogP contribution in [-0.4, -0.2) is 48.5 Å². The van der Waals surface area contributed by atoms with Gasteiger partial charge in [0.15, 0.2) is 0 Å². The van der Waals surface area contributed by atoms with E-state index in [0.29, 0.717) is 0 Å². The van der Waals surface area contributed by atoms with Gasteiger partial charge in [-0.3, -0.25) is 4.90 Å². The summed E-state index contributed by atoms with van der Waals surface area (Å²) in [5, 5.41) is 9.45. The van der Waals surface area contributed by atoms with E-state index < -0.39 is 0 Å². The van der Waals surface area contributed by atoms with Crippen LogP contribution in [0.15, 0.2) is 12.2 Å². The lowest BCUT2D eigenvalue weighted by Crippen LogP contribution is -2.42. The fraction of sp³-hybridized carbons (Fsp3) is 0.800. The minimum Gasteiger partial charge on any atom is -0.394 e. The normalized spacial score (nSPS) is 39.8. The fourth-order valence-electron chi connectivity index (χ4n) is 2.60. The molecule has 0 saturated carbocycles. The van der Waals surface area contributed by atoms with Crippen LogP contribution >= 0.6 is 0 Å². The number of aliphatic hydroxyl groups is 1. The standard InChI is InChI=1S/C10H17NO2/c1-8-3-4-11-6-9(13-2)5-10(8,11)7-12/h9,12H,1,3-7H2,2H3/t9-,10?/m1/s1. The molecule has 2 saturated heterocycles. The second kappa shape index (κ2) is 3.08. The summed E-state index contributed by atoms with van der Waals surface area (Å²) in [7, 11) is 1.74. The van der Waals surface area contributed by atoms with Crippen molar-refractivity contribution < 1.29 is 9.84 Å². The van der Waals surface area contributed by atoms with Crippen molar-refractivity contribution in [3.8, 4) is 0 Å². The summed E-state index contributed by atoms with van der Waals surface area (Å²) >= 11 is 0. The molecule has 0 spiro atoms. The first-order valence-corrected chi connectivity index (χ1v) is 4.80. The molecule has 1 unspecified atom stereocenters. The Morgan fingerprint density at radius 2 is 2.54 bits per heavy atom. The lowest BCUT2D eigenvalue weighted by Gasteiger charge is -2.30. The molecule has 3 nitrogen and oxygen atoms in total. The number of nitrogens with zero attached hydrogens (tertiary/aromatic N) is 1. The molecule has 0 radical (unpaired) electrons. The SMILES string of the molecule is C=C1CCN2C[C@H](OC)CC12CO. The number of ether oxygens (including phenoxy) is 1. The maximum absolute atomic E-state index is 9.45. The third-order valence-electron chi connectivity index (χ3n) is 3.53. The molecule has 0 aromatic carbocycles. The first-order valence-electron chi connectivity index (χ1n) is 4.80. The maximum atomic E-state index is 9.45. The van der Waals surface area contributed by atoms with Crippen molar-refractivity contribution in [2.75, 3.05) is 26.8 Å². The molecule has 3 heteroatoms. The van der Waals surface area contributed by atoms with E-state index in [9.17, 15) is 5.11 Å². The zero-order valence-corrected chi connectivity index (χ0v) is 8.12. The second-order valence-corrected chi connectivity index (χ2v) is 4.05. The Bertz CT molecular complexity index is 229. The quantitative estimate of drug-likeness (QED) is 0.629. The van der Waals surface area contributed by atoms with Gasteiger partial charge in [-0.15, -0.1) is 0 Å². The molecule has 1 N–H and O–H groups in total. The predicted molar refractivity (Wildman–Crippen MR) is 50.6 cm³/mol. The third-order valence-corrected chi connectivity index (χ3v) is 3.53. The summed E-state index contributed by atoms with van der Waals surface area (Å²) in [6.07, 6.45) is 2.19. The largest absolute Gasteiger partial charge is 0.394 e. The van der Waals surface area contributed by atoms with Crippen LogP contribution in [0.5, 0.6) is 0 Å². The Morgan fingerprint density at radius 3 is 3.08 bits per heavy atom. The first-order chi connectivity index (χ1) is 6.23. The van der Waals surface area contributed by atoms with E-state index in [1.165, 1.54) is 5.57 Å². The van der Waals surface area contributed by atoms with E-state index in [4.69, 9.17) is 4.74 Å². The maximum Gasteiger partial charge on any atom is 0.0720 e. The van der Waals surface area contributed by atoms with E-state index in [0.717, 1.165) is 25.9 Å². The Balaban J connectivity index is 2.21. The Morgan fingerprint density at radius 1 is 1.77 bits per heavy atom. The topological polar surface area (TPSA) is 32.7 Å². The van der Waals surface area contributed by atoms with Gasteiger partial charge >= 0.3 is 0 Å². The van der Waals surface area contributed by atoms with Crippen molar-refractivity contribution in [3.63, 3.8) is 0 Å². The van der Waals surface area contributed by atoms with E-state index in [1.807, 2.05) is 0 Å². The first kappa shape index (κ1) is 9.19. The molecule has 2 aliphatic heterocycles. The highest BCUT2D eigenvalue weighted by molar-refractivity contribution is 5.26. The molecule has 0 amide bonds. The third kappa shape index (κ3) is 1.15. The summed E-state index contributed by atoms with van der Waals surface area (Å²) in [5.41, 5.74) is 1.02. The van der Waals surface area contributed by atoms with Crippen LogP contribution in [0.25, 0.3) is 0 Å². The van der Waals surface area contributed by atoms with Gasteiger partial charge in [0.25, 0.3) is 0 Å². The van der Waals surface area contributed by atoms with E-state index in [1.54, 1.807) is 7.11 Å². The average Bonchev–Trinajstić information content (AvgIpc) is 2.64. The Hall–Kier alpha value is -0.380.